The summed E-state index contributed by atoms with van der Waals surface area (Å²) in [5.74, 6) is -0.870. The van der Waals surface area contributed by atoms with Gasteiger partial charge in [0.25, 0.3) is 0 Å². The maximum atomic E-state index is 10.9. The van der Waals surface area contributed by atoms with Crippen molar-refractivity contribution in [2.45, 2.75) is 19.8 Å². The number of methoxy groups -OCH3 is 1. The Morgan fingerprint density at radius 2 is 2.20 bits per heavy atom. The van der Waals surface area contributed by atoms with E-state index in [-0.39, 0.29) is 17.5 Å². The van der Waals surface area contributed by atoms with E-state index in [9.17, 15) is 4.79 Å². The third-order valence-corrected chi connectivity index (χ3v) is 2.06. The molecule has 0 unspecified atom stereocenters. The molecule has 0 atom stereocenters. The fourth-order valence-electron chi connectivity index (χ4n) is 1.30. The first-order valence-corrected chi connectivity index (χ1v) is 4.55. The second-order valence-electron chi connectivity index (χ2n) is 3.48. The van der Waals surface area contributed by atoms with Crippen LogP contribution in [0.15, 0.2) is 6.07 Å². The molecule has 1 rings (SSSR count). The molecule has 0 spiro atoms. The lowest BCUT2D eigenvalue weighted by Crippen LogP contribution is -2.10. The summed E-state index contributed by atoms with van der Waals surface area (Å²) in [7, 11) is 1.40. The Balaban J connectivity index is 3.39. The van der Waals surface area contributed by atoms with Crippen molar-refractivity contribution in [2.24, 2.45) is 0 Å². The quantitative estimate of drug-likeness (QED) is 0.789. The van der Waals surface area contributed by atoms with Crippen molar-refractivity contribution in [2.75, 3.05) is 12.8 Å². The molecule has 0 aliphatic heterocycles. The van der Waals surface area contributed by atoms with E-state index in [0.29, 0.717) is 11.3 Å². The molecule has 82 valence electrons. The standard InChI is InChI=1S/C10H14N2O3/c1-5(2)6-4-7(11)9(15-3)12-8(6)10(13)14/h4-5H,11H2,1-3H3,(H,13,14). The Bertz CT molecular complexity index is 388. The molecule has 0 aliphatic carbocycles. The van der Waals surface area contributed by atoms with Crippen molar-refractivity contribution in [1.29, 1.82) is 0 Å². The lowest BCUT2D eigenvalue weighted by atomic mass is 10.0. The van der Waals surface area contributed by atoms with Gasteiger partial charge in [-0.2, -0.15) is 0 Å². The van der Waals surface area contributed by atoms with Gasteiger partial charge in [-0.1, -0.05) is 13.8 Å². The van der Waals surface area contributed by atoms with Crippen LogP contribution in [0.4, 0.5) is 5.69 Å². The Morgan fingerprint density at radius 3 is 2.60 bits per heavy atom. The predicted molar refractivity (Wildman–Crippen MR) is 56.2 cm³/mol. The van der Waals surface area contributed by atoms with Gasteiger partial charge in [-0.15, -0.1) is 0 Å². The van der Waals surface area contributed by atoms with Crippen LogP contribution in [-0.4, -0.2) is 23.2 Å². The van der Waals surface area contributed by atoms with Gasteiger partial charge in [-0.05, 0) is 17.5 Å². The number of aromatic nitrogens is 1. The number of carbonyl (C=O) groups is 1. The number of rotatable bonds is 3. The van der Waals surface area contributed by atoms with Gasteiger partial charge in [0.15, 0.2) is 5.69 Å². The number of ether oxygens (including phenoxy) is 1. The maximum absolute atomic E-state index is 10.9. The van der Waals surface area contributed by atoms with Crippen molar-refractivity contribution < 1.29 is 14.6 Å². The summed E-state index contributed by atoms with van der Waals surface area (Å²) in [5, 5.41) is 8.97. The van der Waals surface area contributed by atoms with Crippen LogP contribution in [0.3, 0.4) is 0 Å². The van der Waals surface area contributed by atoms with E-state index in [1.807, 2.05) is 13.8 Å². The van der Waals surface area contributed by atoms with E-state index in [2.05, 4.69) is 4.98 Å². The number of hydrogen-bond donors (Lipinski definition) is 2. The van der Waals surface area contributed by atoms with Crippen molar-refractivity contribution in [3.63, 3.8) is 0 Å². The number of pyridine rings is 1. The highest BCUT2D eigenvalue weighted by Crippen LogP contribution is 2.26. The number of aromatic carboxylic acids is 1. The van der Waals surface area contributed by atoms with Crippen LogP contribution < -0.4 is 10.5 Å². The van der Waals surface area contributed by atoms with Crippen LogP contribution in [0.2, 0.25) is 0 Å². The minimum atomic E-state index is -1.07. The fourth-order valence-corrected chi connectivity index (χ4v) is 1.30. The third kappa shape index (κ3) is 2.18. The summed E-state index contributed by atoms with van der Waals surface area (Å²) in [6, 6.07) is 1.60. The van der Waals surface area contributed by atoms with E-state index in [0.717, 1.165) is 0 Å². The Hall–Kier alpha value is -1.78. The molecule has 0 bridgehead atoms. The van der Waals surface area contributed by atoms with E-state index < -0.39 is 5.97 Å². The smallest absolute Gasteiger partial charge is 0.354 e. The molecule has 0 saturated carbocycles. The van der Waals surface area contributed by atoms with Gasteiger partial charge in [0.1, 0.15) is 0 Å². The van der Waals surface area contributed by atoms with Crippen molar-refractivity contribution in [1.82, 2.24) is 4.98 Å². The average Bonchev–Trinajstić information content (AvgIpc) is 2.16. The van der Waals surface area contributed by atoms with Crippen LogP contribution in [-0.2, 0) is 0 Å². The predicted octanol–water partition coefficient (Wildman–Crippen LogP) is 1.49. The lowest BCUT2D eigenvalue weighted by Gasteiger charge is -2.12. The molecule has 3 N–H and O–H groups in total. The van der Waals surface area contributed by atoms with Gasteiger partial charge in [-0.25, -0.2) is 9.78 Å². The highest BCUT2D eigenvalue weighted by atomic mass is 16.5. The number of nitrogens with two attached hydrogens (primary N) is 1. The van der Waals surface area contributed by atoms with Crippen LogP contribution >= 0.6 is 0 Å². The first kappa shape index (κ1) is 11.3. The van der Waals surface area contributed by atoms with Crippen molar-refractivity contribution >= 4 is 11.7 Å². The van der Waals surface area contributed by atoms with Crippen LogP contribution in [0.1, 0.15) is 35.8 Å². The van der Waals surface area contributed by atoms with E-state index in [4.69, 9.17) is 15.6 Å². The number of carboxylic acid groups (broad SMARTS) is 1. The van der Waals surface area contributed by atoms with E-state index in [1.165, 1.54) is 7.11 Å². The number of carboxylic acids is 1. The first-order valence-electron chi connectivity index (χ1n) is 4.55. The van der Waals surface area contributed by atoms with Crippen LogP contribution in [0.5, 0.6) is 5.88 Å². The Labute approximate surface area is 87.9 Å². The monoisotopic (exact) mass is 210 g/mol. The SMILES string of the molecule is COc1nc(C(=O)O)c(C(C)C)cc1N. The van der Waals surface area contributed by atoms with Gasteiger partial charge in [0, 0.05) is 0 Å². The molecule has 5 heteroatoms. The normalized spacial score (nSPS) is 10.4. The molecule has 0 saturated heterocycles. The molecule has 0 aliphatic rings. The summed E-state index contributed by atoms with van der Waals surface area (Å²) in [4.78, 5) is 14.8. The molecule has 1 heterocycles. The minimum Gasteiger partial charge on any atom is -0.480 e. The molecule has 0 fully saturated rings. The molecule has 1 aromatic heterocycles. The third-order valence-electron chi connectivity index (χ3n) is 2.06. The van der Waals surface area contributed by atoms with Crippen LogP contribution in [0.25, 0.3) is 0 Å². The second kappa shape index (κ2) is 4.16. The van der Waals surface area contributed by atoms with E-state index >= 15 is 0 Å². The lowest BCUT2D eigenvalue weighted by molar-refractivity contribution is 0.0687. The molecule has 0 aromatic carbocycles. The van der Waals surface area contributed by atoms with Crippen molar-refractivity contribution in [3.05, 3.63) is 17.3 Å². The maximum Gasteiger partial charge on any atom is 0.354 e. The van der Waals surface area contributed by atoms with Gasteiger partial charge in [0.2, 0.25) is 5.88 Å². The van der Waals surface area contributed by atoms with Gasteiger partial charge in [-0.3, -0.25) is 0 Å². The molecule has 0 radical (unpaired) electrons. The molecule has 1 aromatic rings. The minimum absolute atomic E-state index is 0.00366. The highest BCUT2D eigenvalue weighted by molar-refractivity contribution is 5.88. The first-order chi connectivity index (χ1) is 6.97. The second-order valence-corrected chi connectivity index (χ2v) is 3.48. The number of nitrogen functional groups attached to an aromatic ring is 1. The zero-order chi connectivity index (χ0) is 11.6. The summed E-state index contributed by atoms with van der Waals surface area (Å²) < 4.78 is 4.87. The average molecular weight is 210 g/mol. The number of nitrogens with zero attached hydrogens (tertiary/aromatic N) is 1. The van der Waals surface area contributed by atoms with Gasteiger partial charge < -0.3 is 15.6 Å². The van der Waals surface area contributed by atoms with Crippen LogP contribution in [0, 0.1) is 0 Å². The Kier molecular flexibility index (Phi) is 3.14. The summed E-state index contributed by atoms with van der Waals surface area (Å²) >= 11 is 0. The molecule has 0 amide bonds. The number of anilines is 1. The van der Waals surface area contributed by atoms with E-state index in [1.54, 1.807) is 6.07 Å². The van der Waals surface area contributed by atoms with Crippen molar-refractivity contribution in [3.8, 4) is 5.88 Å². The zero-order valence-electron chi connectivity index (χ0n) is 8.94. The highest BCUT2D eigenvalue weighted by Gasteiger charge is 2.18. The molecule has 15 heavy (non-hydrogen) atoms. The largest absolute Gasteiger partial charge is 0.480 e. The number of hydrogen-bond acceptors (Lipinski definition) is 4. The summed E-state index contributed by atoms with van der Waals surface area (Å²) in [5.41, 5.74) is 6.62. The molecular formula is C10H14N2O3. The summed E-state index contributed by atoms with van der Waals surface area (Å²) in [6.07, 6.45) is 0. The topological polar surface area (TPSA) is 85.4 Å². The fraction of sp³-hybridized carbons (Fsp3) is 0.400. The summed E-state index contributed by atoms with van der Waals surface area (Å²) in [6.45, 7) is 3.77. The Morgan fingerprint density at radius 1 is 1.60 bits per heavy atom. The van der Waals surface area contributed by atoms with Gasteiger partial charge >= 0.3 is 5.97 Å². The zero-order valence-corrected chi connectivity index (χ0v) is 8.94. The molecular weight excluding hydrogens is 196 g/mol. The molecule has 5 nitrogen and oxygen atoms in total. The van der Waals surface area contributed by atoms with Gasteiger partial charge in [0.05, 0.1) is 12.8 Å².